The van der Waals surface area contributed by atoms with E-state index < -0.39 is 0 Å². The van der Waals surface area contributed by atoms with Crippen molar-refractivity contribution >= 4 is 0 Å². The Hall–Kier alpha value is -2.01. The van der Waals surface area contributed by atoms with E-state index in [9.17, 15) is 4.39 Å². The molecule has 1 heterocycles. The second-order valence-electron chi connectivity index (χ2n) is 3.69. The first-order valence-electron chi connectivity index (χ1n) is 5.72. The van der Waals surface area contributed by atoms with Gasteiger partial charge in [-0.05, 0) is 18.7 Å². The Balaban J connectivity index is 2.17. The number of rotatable bonds is 5. The van der Waals surface area contributed by atoms with Gasteiger partial charge in [-0.1, -0.05) is 13.0 Å². The van der Waals surface area contributed by atoms with Gasteiger partial charge in [0, 0.05) is 24.4 Å². The first-order valence-corrected chi connectivity index (χ1v) is 5.72. The van der Waals surface area contributed by atoms with Gasteiger partial charge in [-0.2, -0.15) is 0 Å². The van der Waals surface area contributed by atoms with Gasteiger partial charge in [-0.3, -0.25) is 0 Å². The molecule has 0 radical (unpaired) electrons. The fraction of sp³-hybridized carbons (Fsp3) is 0.231. The van der Waals surface area contributed by atoms with Gasteiger partial charge < -0.3 is 10.1 Å². The van der Waals surface area contributed by atoms with Crippen LogP contribution in [0.5, 0.6) is 11.6 Å². The molecule has 4 nitrogen and oxygen atoms in total. The maximum Gasteiger partial charge on any atom is 0.226 e. The Morgan fingerprint density at radius 2 is 2.28 bits per heavy atom. The molecule has 2 rings (SSSR count). The summed E-state index contributed by atoms with van der Waals surface area (Å²) in [6.07, 6.45) is 3.09. The van der Waals surface area contributed by atoms with Crippen molar-refractivity contribution in [1.29, 1.82) is 0 Å². The molecule has 0 amide bonds. The molecule has 94 valence electrons. The highest BCUT2D eigenvalue weighted by Crippen LogP contribution is 2.22. The predicted molar refractivity (Wildman–Crippen MR) is 65.9 cm³/mol. The van der Waals surface area contributed by atoms with E-state index in [1.807, 2.05) is 6.92 Å². The summed E-state index contributed by atoms with van der Waals surface area (Å²) >= 11 is 0. The van der Waals surface area contributed by atoms with Gasteiger partial charge in [0.1, 0.15) is 17.9 Å². The fourth-order valence-corrected chi connectivity index (χ4v) is 1.46. The van der Waals surface area contributed by atoms with Crippen molar-refractivity contribution in [3.05, 3.63) is 48.2 Å². The summed E-state index contributed by atoms with van der Waals surface area (Å²) in [7, 11) is 0. The number of ether oxygens (including phenoxy) is 1. The Bertz CT molecular complexity index is 519. The second kappa shape index (κ2) is 6.07. The van der Waals surface area contributed by atoms with E-state index in [0.717, 1.165) is 12.1 Å². The summed E-state index contributed by atoms with van der Waals surface area (Å²) in [4.78, 5) is 8.01. The Labute approximate surface area is 105 Å². The van der Waals surface area contributed by atoms with E-state index in [0.29, 0.717) is 18.2 Å². The summed E-state index contributed by atoms with van der Waals surface area (Å²) in [5.41, 5.74) is 0.837. The molecule has 0 aliphatic rings. The zero-order valence-corrected chi connectivity index (χ0v) is 10.1. The van der Waals surface area contributed by atoms with Crippen LogP contribution >= 0.6 is 0 Å². The van der Waals surface area contributed by atoms with Crippen molar-refractivity contribution in [3.8, 4) is 11.6 Å². The number of hydrogen-bond donors (Lipinski definition) is 1. The molecule has 0 aliphatic heterocycles. The van der Waals surface area contributed by atoms with Crippen LogP contribution in [0.15, 0.2) is 36.8 Å². The monoisotopic (exact) mass is 247 g/mol. The Morgan fingerprint density at radius 1 is 1.39 bits per heavy atom. The summed E-state index contributed by atoms with van der Waals surface area (Å²) < 4.78 is 18.6. The van der Waals surface area contributed by atoms with Gasteiger partial charge in [0.05, 0.1) is 0 Å². The van der Waals surface area contributed by atoms with Crippen LogP contribution in [-0.4, -0.2) is 16.5 Å². The van der Waals surface area contributed by atoms with E-state index in [-0.39, 0.29) is 5.82 Å². The molecule has 1 aromatic heterocycles. The van der Waals surface area contributed by atoms with Crippen LogP contribution < -0.4 is 10.1 Å². The molecule has 0 saturated heterocycles. The highest BCUT2D eigenvalue weighted by Gasteiger charge is 2.06. The van der Waals surface area contributed by atoms with Crippen molar-refractivity contribution < 1.29 is 9.13 Å². The van der Waals surface area contributed by atoms with Crippen LogP contribution in [0.3, 0.4) is 0 Å². The van der Waals surface area contributed by atoms with Crippen LogP contribution in [0.25, 0.3) is 0 Å². The van der Waals surface area contributed by atoms with E-state index in [2.05, 4.69) is 15.3 Å². The minimum atomic E-state index is -0.338. The molecule has 0 aliphatic carbocycles. The maximum atomic E-state index is 13.0. The van der Waals surface area contributed by atoms with Crippen molar-refractivity contribution in [3.63, 3.8) is 0 Å². The molecule has 2 aromatic rings. The third-order valence-corrected chi connectivity index (χ3v) is 2.32. The predicted octanol–water partition coefficient (Wildman–Crippen LogP) is 2.52. The maximum absolute atomic E-state index is 13.0. The Kier molecular flexibility index (Phi) is 4.20. The number of halogens is 1. The molecule has 1 N–H and O–H groups in total. The first kappa shape index (κ1) is 12.4. The zero-order valence-electron chi connectivity index (χ0n) is 10.1. The molecule has 1 aromatic carbocycles. The van der Waals surface area contributed by atoms with Gasteiger partial charge in [-0.25, -0.2) is 14.4 Å². The van der Waals surface area contributed by atoms with Gasteiger partial charge in [0.2, 0.25) is 5.88 Å². The summed E-state index contributed by atoms with van der Waals surface area (Å²) in [5.74, 6) is 0.526. The van der Waals surface area contributed by atoms with Crippen molar-refractivity contribution in [2.75, 3.05) is 6.54 Å². The average molecular weight is 247 g/mol. The Morgan fingerprint density at radius 3 is 3.06 bits per heavy atom. The third-order valence-electron chi connectivity index (χ3n) is 2.32. The second-order valence-corrected chi connectivity index (χ2v) is 3.69. The van der Waals surface area contributed by atoms with Crippen molar-refractivity contribution in [2.45, 2.75) is 13.5 Å². The quantitative estimate of drug-likeness (QED) is 0.882. The normalized spacial score (nSPS) is 10.3. The average Bonchev–Trinajstić information content (AvgIpc) is 2.38. The molecule has 0 spiro atoms. The lowest BCUT2D eigenvalue weighted by molar-refractivity contribution is 0.447. The highest BCUT2D eigenvalue weighted by atomic mass is 19.1. The lowest BCUT2D eigenvalue weighted by Gasteiger charge is -2.09. The number of aromatic nitrogens is 2. The molecule has 0 saturated carbocycles. The molecular formula is C13H14FN3O. The summed E-state index contributed by atoms with van der Waals surface area (Å²) in [6, 6.07) is 5.96. The van der Waals surface area contributed by atoms with Crippen molar-refractivity contribution in [2.24, 2.45) is 0 Å². The fourth-order valence-electron chi connectivity index (χ4n) is 1.46. The first-order chi connectivity index (χ1) is 8.79. The molecule has 0 atom stereocenters. The van der Waals surface area contributed by atoms with E-state index in [1.165, 1.54) is 18.5 Å². The lowest BCUT2D eigenvalue weighted by Crippen LogP contribution is -2.13. The topological polar surface area (TPSA) is 47.0 Å². The smallest absolute Gasteiger partial charge is 0.226 e. The molecule has 0 bridgehead atoms. The van der Waals surface area contributed by atoms with Gasteiger partial charge >= 0.3 is 0 Å². The van der Waals surface area contributed by atoms with E-state index in [4.69, 9.17) is 4.74 Å². The van der Waals surface area contributed by atoms with E-state index >= 15 is 0 Å². The van der Waals surface area contributed by atoms with Gasteiger partial charge in [-0.15, -0.1) is 0 Å². The van der Waals surface area contributed by atoms with Gasteiger partial charge in [0.15, 0.2) is 0 Å². The molecule has 5 heteroatoms. The zero-order chi connectivity index (χ0) is 12.8. The van der Waals surface area contributed by atoms with Gasteiger partial charge in [0.25, 0.3) is 0 Å². The number of benzene rings is 1. The van der Waals surface area contributed by atoms with Crippen LogP contribution in [0.4, 0.5) is 4.39 Å². The summed E-state index contributed by atoms with van der Waals surface area (Å²) in [5, 5.41) is 3.17. The molecule has 0 unspecified atom stereocenters. The van der Waals surface area contributed by atoms with Crippen LogP contribution in [-0.2, 0) is 6.54 Å². The van der Waals surface area contributed by atoms with Crippen molar-refractivity contribution in [1.82, 2.24) is 15.3 Å². The standard InChI is InChI=1S/C13H14FN3O/c1-2-15-7-10-8-16-9-17-13(10)18-12-5-3-4-11(14)6-12/h3-6,8-9,15H,2,7H2,1H3. The highest BCUT2D eigenvalue weighted by molar-refractivity contribution is 5.30. The number of nitrogens with zero attached hydrogens (tertiary/aromatic N) is 2. The SMILES string of the molecule is CCNCc1cncnc1Oc1cccc(F)c1. The van der Waals surface area contributed by atoms with E-state index in [1.54, 1.807) is 18.3 Å². The summed E-state index contributed by atoms with van der Waals surface area (Å²) in [6.45, 7) is 3.47. The molecular weight excluding hydrogens is 233 g/mol. The van der Waals surface area contributed by atoms with Crippen LogP contribution in [0.2, 0.25) is 0 Å². The minimum Gasteiger partial charge on any atom is -0.438 e. The largest absolute Gasteiger partial charge is 0.438 e. The van der Waals surface area contributed by atoms with Crippen LogP contribution in [0, 0.1) is 5.82 Å². The molecule has 0 fully saturated rings. The number of nitrogens with one attached hydrogen (secondary N) is 1. The molecule has 18 heavy (non-hydrogen) atoms. The van der Waals surface area contributed by atoms with Crippen LogP contribution in [0.1, 0.15) is 12.5 Å². The third kappa shape index (κ3) is 3.24. The minimum absolute atomic E-state index is 0.338. The number of hydrogen-bond acceptors (Lipinski definition) is 4. The lowest BCUT2D eigenvalue weighted by atomic mass is 10.3.